The van der Waals surface area contributed by atoms with Gasteiger partial charge in [0.2, 0.25) is 0 Å². The number of nitrogens with two attached hydrogens (primary N) is 1. The van der Waals surface area contributed by atoms with Crippen LogP contribution in [0.3, 0.4) is 0 Å². The zero-order valence-corrected chi connectivity index (χ0v) is 13.3. The molecule has 0 saturated carbocycles. The van der Waals surface area contributed by atoms with Gasteiger partial charge in [-0.2, -0.15) is 0 Å². The van der Waals surface area contributed by atoms with Gasteiger partial charge >= 0.3 is 0 Å². The summed E-state index contributed by atoms with van der Waals surface area (Å²) in [6, 6.07) is 8.52. The van der Waals surface area contributed by atoms with Gasteiger partial charge < -0.3 is 10.6 Å². The molecule has 1 rings (SSSR count). The van der Waals surface area contributed by atoms with E-state index in [1.165, 1.54) is 12.0 Å². The lowest BCUT2D eigenvalue weighted by Crippen LogP contribution is -2.30. The molecule has 0 aromatic heterocycles. The molecule has 102 valence electrons. The first-order chi connectivity index (χ1) is 8.51. The third-order valence-electron chi connectivity index (χ3n) is 3.07. The Balaban J connectivity index is 2.44. The predicted molar refractivity (Wildman–Crippen MR) is 82.5 cm³/mol. The Labute approximate surface area is 120 Å². The van der Waals surface area contributed by atoms with Crippen LogP contribution in [-0.4, -0.2) is 25.0 Å². The average molecular weight is 313 g/mol. The predicted octanol–water partition coefficient (Wildman–Crippen LogP) is 3.50. The molecular weight excluding hydrogens is 288 g/mol. The van der Waals surface area contributed by atoms with Crippen LogP contribution in [0.2, 0.25) is 0 Å². The van der Waals surface area contributed by atoms with Crippen molar-refractivity contribution >= 4 is 15.9 Å². The van der Waals surface area contributed by atoms with Crippen LogP contribution in [0.25, 0.3) is 0 Å². The van der Waals surface area contributed by atoms with E-state index in [0.717, 1.165) is 30.0 Å². The van der Waals surface area contributed by atoms with Crippen molar-refractivity contribution in [1.82, 2.24) is 4.90 Å². The maximum absolute atomic E-state index is 5.85. The van der Waals surface area contributed by atoms with Gasteiger partial charge in [0, 0.05) is 17.6 Å². The van der Waals surface area contributed by atoms with Crippen molar-refractivity contribution < 1.29 is 0 Å². The highest BCUT2D eigenvalue weighted by molar-refractivity contribution is 9.10. The van der Waals surface area contributed by atoms with Crippen molar-refractivity contribution in [3.05, 3.63) is 34.3 Å². The van der Waals surface area contributed by atoms with E-state index >= 15 is 0 Å². The van der Waals surface area contributed by atoms with E-state index in [-0.39, 0.29) is 0 Å². The molecule has 0 amide bonds. The molecular formula is C15H25BrN2. The smallest absolute Gasteiger partial charge is 0.0230 e. The van der Waals surface area contributed by atoms with E-state index in [2.05, 4.69) is 66.0 Å². The van der Waals surface area contributed by atoms with Crippen LogP contribution in [0.4, 0.5) is 0 Å². The van der Waals surface area contributed by atoms with Gasteiger partial charge in [-0.05, 0) is 49.5 Å². The third kappa shape index (κ3) is 5.98. The van der Waals surface area contributed by atoms with Gasteiger partial charge in [-0.25, -0.2) is 0 Å². The Bertz CT molecular complexity index is 335. The number of benzene rings is 1. The van der Waals surface area contributed by atoms with E-state index in [4.69, 9.17) is 5.73 Å². The number of nitrogens with zero attached hydrogens (tertiary/aromatic N) is 1. The van der Waals surface area contributed by atoms with Crippen LogP contribution in [-0.2, 0) is 6.54 Å². The molecule has 1 atom stereocenters. The maximum Gasteiger partial charge on any atom is 0.0230 e. The zero-order chi connectivity index (χ0) is 13.5. The van der Waals surface area contributed by atoms with Crippen LogP contribution in [0.1, 0.15) is 25.8 Å². The standard InChI is InChI=1S/C15H25BrN2/c1-12(2)8-14(9-17)11-18(3)10-13-4-6-15(16)7-5-13/h4-7,12,14H,8-11,17H2,1-3H3. The second-order valence-electron chi connectivity index (χ2n) is 5.55. The van der Waals surface area contributed by atoms with Crippen LogP contribution in [0, 0.1) is 11.8 Å². The highest BCUT2D eigenvalue weighted by Crippen LogP contribution is 2.15. The van der Waals surface area contributed by atoms with Gasteiger partial charge in [-0.3, -0.25) is 0 Å². The molecule has 0 saturated heterocycles. The largest absolute Gasteiger partial charge is 0.330 e. The fourth-order valence-corrected chi connectivity index (χ4v) is 2.58. The third-order valence-corrected chi connectivity index (χ3v) is 3.60. The summed E-state index contributed by atoms with van der Waals surface area (Å²) in [5.41, 5.74) is 7.20. The minimum absolute atomic E-state index is 0.602. The summed E-state index contributed by atoms with van der Waals surface area (Å²) in [5, 5.41) is 0. The molecule has 18 heavy (non-hydrogen) atoms. The van der Waals surface area contributed by atoms with Gasteiger partial charge in [0.1, 0.15) is 0 Å². The fourth-order valence-electron chi connectivity index (χ4n) is 2.32. The maximum atomic E-state index is 5.85. The number of halogens is 1. The second-order valence-corrected chi connectivity index (χ2v) is 6.47. The molecule has 0 radical (unpaired) electrons. The van der Waals surface area contributed by atoms with Crippen molar-refractivity contribution in [1.29, 1.82) is 0 Å². The molecule has 0 aliphatic carbocycles. The molecule has 0 heterocycles. The number of rotatable bonds is 7. The molecule has 1 aromatic carbocycles. The van der Waals surface area contributed by atoms with Gasteiger partial charge in [0.15, 0.2) is 0 Å². The molecule has 2 N–H and O–H groups in total. The fraction of sp³-hybridized carbons (Fsp3) is 0.600. The summed E-state index contributed by atoms with van der Waals surface area (Å²) in [7, 11) is 2.17. The Hall–Kier alpha value is -0.380. The van der Waals surface area contributed by atoms with E-state index < -0.39 is 0 Å². The highest BCUT2D eigenvalue weighted by atomic mass is 79.9. The molecule has 1 unspecified atom stereocenters. The Morgan fingerprint density at radius 2 is 1.83 bits per heavy atom. The van der Waals surface area contributed by atoms with E-state index in [9.17, 15) is 0 Å². The first-order valence-corrected chi connectivity index (χ1v) is 7.43. The average Bonchev–Trinajstić information content (AvgIpc) is 2.30. The van der Waals surface area contributed by atoms with Crippen molar-refractivity contribution in [3.8, 4) is 0 Å². The van der Waals surface area contributed by atoms with Gasteiger partial charge in [0.05, 0.1) is 0 Å². The number of hydrogen-bond donors (Lipinski definition) is 1. The summed E-state index contributed by atoms with van der Waals surface area (Å²) in [4.78, 5) is 2.36. The quantitative estimate of drug-likeness (QED) is 0.835. The molecule has 2 nitrogen and oxygen atoms in total. The molecule has 0 aliphatic rings. The Morgan fingerprint density at radius 1 is 1.22 bits per heavy atom. The molecule has 1 aromatic rings. The van der Waals surface area contributed by atoms with Crippen molar-refractivity contribution in [2.45, 2.75) is 26.8 Å². The van der Waals surface area contributed by atoms with Gasteiger partial charge in [-0.15, -0.1) is 0 Å². The summed E-state index contributed by atoms with van der Waals surface area (Å²) in [5.74, 6) is 1.32. The minimum atomic E-state index is 0.602. The van der Waals surface area contributed by atoms with Crippen molar-refractivity contribution in [2.75, 3.05) is 20.1 Å². The summed E-state index contributed by atoms with van der Waals surface area (Å²) >= 11 is 3.46. The minimum Gasteiger partial charge on any atom is -0.330 e. The van der Waals surface area contributed by atoms with Crippen molar-refractivity contribution in [2.24, 2.45) is 17.6 Å². The molecule has 0 fully saturated rings. The number of hydrogen-bond acceptors (Lipinski definition) is 2. The van der Waals surface area contributed by atoms with Crippen LogP contribution in [0.5, 0.6) is 0 Å². The monoisotopic (exact) mass is 312 g/mol. The van der Waals surface area contributed by atoms with Gasteiger partial charge in [-0.1, -0.05) is 41.9 Å². The molecule has 0 bridgehead atoms. The SMILES string of the molecule is CC(C)CC(CN)CN(C)Cc1ccc(Br)cc1. The highest BCUT2D eigenvalue weighted by Gasteiger charge is 2.12. The van der Waals surface area contributed by atoms with E-state index in [1.807, 2.05) is 0 Å². The van der Waals surface area contributed by atoms with Crippen LogP contribution >= 0.6 is 15.9 Å². The topological polar surface area (TPSA) is 29.3 Å². The summed E-state index contributed by atoms with van der Waals surface area (Å²) in [6.45, 7) is 7.37. The molecule has 0 aliphatic heterocycles. The van der Waals surface area contributed by atoms with Crippen LogP contribution < -0.4 is 5.73 Å². The van der Waals surface area contributed by atoms with Crippen molar-refractivity contribution in [3.63, 3.8) is 0 Å². The Kier molecular flexibility index (Phi) is 6.90. The normalized spacial score (nSPS) is 13.3. The summed E-state index contributed by atoms with van der Waals surface area (Å²) in [6.07, 6.45) is 1.21. The first-order valence-electron chi connectivity index (χ1n) is 6.64. The molecule has 3 heteroatoms. The lowest BCUT2D eigenvalue weighted by Gasteiger charge is -2.24. The van der Waals surface area contributed by atoms with Crippen LogP contribution in [0.15, 0.2) is 28.7 Å². The first kappa shape index (κ1) is 15.7. The summed E-state index contributed by atoms with van der Waals surface area (Å²) < 4.78 is 1.13. The zero-order valence-electron chi connectivity index (χ0n) is 11.7. The Morgan fingerprint density at radius 3 is 2.33 bits per heavy atom. The lowest BCUT2D eigenvalue weighted by molar-refractivity contribution is 0.250. The molecule has 0 spiro atoms. The second kappa shape index (κ2) is 7.93. The van der Waals surface area contributed by atoms with Gasteiger partial charge in [0.25, 0.3) is 0 Å². The lowest BCUT2D eigenvalue weighted by atomic mass is 9.96. The van der Waals surface area contributed by atoms with E-state index in [1.54, 1.807) is 0 Å². The van der Waals surface area contributed by atoms with E-state index in [0.29, 0.717) is 5.92 Å².